The van der Waals surface area contributed by atoms with E-state index in [4.69, 9.17) is 0 Å². The Labute approximate surface area is 147 Å². The van der Waals surface area contributed by atoms with E-state index in [-0.39, 0.29) is 18.1 Å². The number of anilines is 1. The van der Waals surface area contributed by atoms with Gasteiger partial charge in [-0.1, -0.05) is 52.3 Å². The highest BCUT2D eigenvalue weighted by Crippen LogP contribution is 2.19. The van der Waals surface area contributed by atoms with Gasteiger partial charge in [-0.2, -0.15) is 5.10 Å². The van der Waals surface area contributed by atoms with Gasteiger partial charge in [0.1, 0.15) is 11.6 Å². The Bertz CT molecular complexity index is 863. The third-order valence-corrected chi connectivity index (χ3v) is 4.34. The molecule has 0 saturated heterocycles. The van der Waals surface area contributed by atoms with E-state index in [2.05, 4.69) is 26.3 Å². The minimum Gasteiger partial charge on any atom is -0.311 e. The molecule has 4 nitrogen and oxygen atoms in total. The number of halogens is 2. The number of amides is 1. The van der Waals surface area contributed by atoms with Gasteiger partial charge in [0.15, 0.2) is 0 Å². The van der Waals surface area contributed by atoms with Crippen molar-refractivity contribution in [2.75, 3.05) is 5.32 Å². The van der Waals surface area contributed by atoms with Crippen LogP contribution in [0.2, 0.25) is 0 Å². The van der Waals surface area contributed by atoms with E-state index >= 15 is 0 Å². The number of nitrogens with one attached hydrogen (secondary N) is 1. The molecule has 1 aromatic heterocycles. The third kappa shape index (κ3) is 3.89. The summed E-state index contributed by atoms with van der Waals surface area (Å²) >= 11 is 3.50. The first-order valence-corrected chi connectivity index (χ1v) is 8.21. The second-order valence-corrected chi connectivity index (χ2v) is 6.14. The van der Waals surface area contributed by atoms with Crippen molar-refractivity contribution in [2.24, 2.45) is 0 Å². The summed E-state index contributed by atoms with van der Waals surface area (Å²) in [6.07, 6.45) is 1.60. The predicted octanol–water partition coefficient (Wildman–Crippen LogP) is 4.01. The zero-order chi connectivity index (χ0) is 16.9. The van der Waals surface area contributed by atoms with Gasteiger partial charge in [-0.25, -0.2) is 9.07 Å². The van der Waals surface area contributed by atoms with Crippen molar-refractivity contribution in [1.29, 1.82) is 0 Å². The summed E-state index contributed by atoms with van der Waals surface area (Å²) in [4.78, 5) is 12.2. The first-order valence-electron chi connectivity index (χ1n) is 7.42. The predicted molar refractivity (Wildman–Crippen MR) is 94.2 cm³/mol. The van der Waals surface area contributed by atoms with Gasteiger partial charge in [-0.15, -0.1) is 0 Å². The molecule has 0 atom stereocenters. The number of rotatable bonds is 5. The van der Waals surface area contributed by atoms with Crippen molar-refractivity contribution in [3.63, 3.8) is 0 Å². The molecule has 0 saturated carbocycles. The Morgan fingerprint density at radius 1 is 1.08 bits per heavy atom. The maximum Gasteiger partial charge on any atom is 0.230 e. The minimum atomic E-state index is -0.380. The van der Waals surface area contributed by atoms with Gasteiger partial charge in [0.05, 0.1) is 19.2 Å². The lowest BCUT2D eigenvalue weighted by molar-refractivity contribution is -0.115. The molecule has 2 aromatic carbocycles. The lowest BCUT2D eigenvalue weighted by Crippen LogP contribution is -2.18. The van der Waals surface area contributed by atoms with Crippen molar-refractivity contribution >= 4 is 27.7 Å². The van der Waals surface area contributed by atoms with E-state index in [1.54, 1.807) is 35.1 Å². The van der Waals surface area contributed by atoms with Crippen LogP contribution in [0.15, 0.2) is 65.3 Å². The normalized spacial score (nSPS) is 10.6. The monoisotopic (exact) mass is 387 g/mol. The molecule has 3 aromatic rings. The van der Waals surface area contributed by atoms with Crippen LogP contribution < -0.4 is 5.32 Å². The smallest absolute Gasteiger partial charge is 0.230 e. The molecule has 24 heavy (non-hydrogen) atoms. The largest absolute Gasteiger partial charge is 0.311 e. The molecular formula is C18H15BrFN3O. The first-order chi connectivity index (χ1) is 11.6. The van der Waals surface area contributed by atoms with Crippen molar-refractivity contribution in [3.8, 4) is 0 Å². The van der Waals surface area contributed by atoms with Crippen LogP contribution >= 0.6 is 15.9 Å². The number of nitrogens with zero attached hydrogens (tertiary/aromatic N) is 2. The molecule has 6 heteroatoms. The number of hydrogen-bond donors (Lipinski definition) is 1. The molecule has 0 aliphatic heterocycles. The first kappa shape index (κ1) is 16.4. The van der Waals surface area contributed by atoms with Crippen LogP contribution in [0.5, 0.6) is 0 Å². The van der Waals surface area contributed by atoms with E-state index < -0.39 is 0 Å². The second kappa shape index (κ2) is 7.40. The molecule has 0 spiro atoms. The van der Waals surface area contributed by atoms with Crippen molar-refractivity contribution in [3.05, 3.63) is 82.2 Å². The lowest BCUT2D eigenvalue weighted by atomic mass is 10.1. The Morgan fingerprint density at radius 2 is 1.79 bits per heavy atom. The standard InChI is InChI=1S/C18H15BrFN3O/c19-15-7-3-1-6-14(15)12-23-17(9-10-21-23)22-18(24)11-13-5-2-4-8-16(13)20/h1-10H,11-12H2,(H,22,24). The highest BCUT2D eigenvalue weighted by molar-refractivity contribution is 9.10. The van der Waals surface area contributed by atoms with E-state index in [9.17, 15) is 9.18 Å². The summed E-state index contributed by atoms with van der Waals surface area (Å²) < 4.78 is 16.3. The Balaban J connectivity index is 1.70. The molecule has 1 N–H and O–H groups in total. The molecule has 0 aliphatic rings. The fraction of sp³-hybridized carbons (Fsp3) is 0.111. The van der Waals surface area contributed by atoms with Crippen LogP contribution in [-0.4, -0.2) is 15.7 Å². The topological polar surface area (TPSA) is 46.9 Å². The van der Waals surface area contributed by atoms with Crippen molar-refractivity contribution in [1.82, 2.24) is 9.78 Å². The Hall–Kier alpha value is -2.47. The van der Waals surface area contributed by atoms with Gasteiger partial charge in [0.2, 0.25) is 5.91 Å². The number of benzene rings is 2. The maximum absolute atomic E-state index is 13.6. The van der Waals surface area contributed by atoms with E-state index in [1.807, 2.05) is 24.3 Å². The van der Waals surface area contributed by atoms with Gasteiger partial charge in [0, 0.05) is 10.5 Å². The summed E-state index contributed by atoms with van der Waals surface area (Å²) in [7, 11) is 0. The van der Waals surface area contributed by atoms with Crippen LogP contribution in [-0.2, 0) is 17.8 Å². The zero-order valence-electron chi connectivity index (χ0n) is 12.7. The molecule has 0 bridgehead atoms. The lowest BCUT2D eigenvalue weighted by Gasteiger charge is -2.10. The van der Waals surface area contributed by atoms with Gasteiger partial charge in [-0.3, -0.25) is 4.79 Å². The van der Waals surface area contributed by atoms with Gasteiger partial charge in [-0.05, 0) is 23.3 Å². The molecule has 0 radical (unpaired) electrons. The minimum absolute atomic E-state index is 0.0209. The molecule has 1 amide bonds. The molecule has 0 aliphatic carbocycles. The number of carbonyl (C=O) groups is 1. The highest BCUT2D eigenvalue weighted by atomic mass is 79.9. The SMILES string of the molecule is O=C(Cc1ccccc1F)Nc1ccnn1Cc1ccccc1Br. The highest BCUT2D eigenvalue weighted by Gasteiger charge is 2.11. The van der Waals surface area contributed by atoms with Gasteiger partial charge < -0.3 is 5.32 Å². The summed E-state index contributed by atoms with van der Waals surface area (Å²) in [6.45, 7) is 0.518. The molecule has 0 fully saturated rings. The van der Waals surface area contributed by atoms with E-state index in [1.165, 1.54) is 6.07 Å². The zero-order valence-corrected chi connectivity index (χ0v) is 14.3. The third-order valence-electron chi connectivity index (χ3n) is 3.57. The molecule has 122 valence electrons. The van der Waals surface area contributed by atoms with Crippen LogP contribution in [0.4, 0.5) is 10.2 Å². The number of aromatic nitrogens is 2. The van der Waals surface area contributed by atoms with Crippen LogP contribution in [0.25, 0.3) is 0 Å². The van der Waals surface area contributed by atoms with Crippen molar-refractivity contribution < 1.29 is 9.18 Å². The fourth-order valence-corrected chi connectivity index (χ4v) is 2.76. The molecule has 1 heterocycles. The summed E-state index contributed by atoms with van der Waals surface area (Å²) in [5.74, 6) is -0.0876. The average Bonchev–Trinajstić information content (AvgIpc) is 2.99. The van der Waals surface area contributed by atoms with Crippen LogP contribution in [0.3, 0.4) is 0 Å². The maximum atomic E-state index is 13.6. The Morgan fingerprint density at radius 3 is 2.54 bits per heavy atom. The van der Waals surface area contributed by atoms with Crippen LogP contribution in [0, 0.1) is 5.82 Å². The molecular weight excluding hydrogens is 373 g/mol. The number of carbonyl (C=O) groups excluding carboxylic acids is 1. The van der Waals surface area contributed by atoms with E-state index in [0.717, 1.165) is 10.0 Å². The summed E-state index contributed by atoms with van der Waals surface area (Å²) in [6, 6.07) is 15.8. The second-order valence-electron chi connectivity index (χ2n) is 5.28. The fourth-order valence-electron chi connectivity index (χ4n) is 2.35. The Kier molecular flexibility index (Phi) is 5.05. The van der Waals surface area contributed by atoms with Gasteiger partial charge >= 0.3 is 0 Å². The quantitative estimate of drug-likeness (QED) is 0.718. The number of hydrogen-bond acceptors (Lipinski definition) is 2. The molecule has 3 rings (SSSR count). The summed E-state index contributed by atoms with van der Waals surface area (Å²) in [5.41, 5.74) is 1.41. The van der Waals surface area contributed by atoms with Gasteiger partial charge in [0.25, 0.3) is 0 Å². The van der Waals surface area contributed by atoms with Crippen molar-refractivity contribution in [2.45, 2.75) is 13.0 Å². The van der Waals surface area contributed by atoms with Crippen LogP contribution in [0.1, 0.15) is 11.1 Å². The van der Waals surface area contributed by atoms with E-state index in [0.29, 0.717) is 17.9 Å². The molecule has 0 unspecified atom stereocenters. The summed E-state index contributed by atoms with van der Waals surface area (Å²) in [5, 5.41) is 7.02. The average molecular weight is 388 g/mol.